The van der Waals surface area contributed by atoms with Gasteiger partial charge in [-0.1, -0.05) is 6.92 Å². The number of nitrogens with one attached hydrogen (secondary N) is 1. The summed E-state index contributed by atoms with van der Waals surface area (Å²) in [5, 5.41) is 7.92. The van der Waals surface area contributed by atoms with Crippen LogP contribution in [0.1, 0.15) is 56.8 Å². The fourth-order valence-corrected chi connectivity index (χ4v) is 3.32. The molecule has 4 rings (SSSR count). The summed E-state index contributed by atoms with van der Waals surface area (Å²) in [5.74, 6) is -1.33. The molecule has 0 amide bonds. The summed E-state index contributed by atoms with van der Waals surface area (Å²) in [6.45, 7) is 4.11. The zero-order valence-corrected chi connectivity index (χ0v) is 14.6. The van der Waals surface area contributed by atoms with E-state index < -0.39 is 5.92 Å². The lowest BCUT2D eigenvalue weighted by Crippen LogP contribution is -2.32. The Kier molecular flexibility index (Phi) is 3.77. The monoisotopic (exact) mass is 347 g/mol. The van der Waals surface area contributed by atoms with E-state index in [2.05, 4.69) is 27.3 Å². The van der Waals surface area contributed by atoms with Crippen LogP contribution in [0.15, 0.2) is 18.3 Å². The Morgan fingerprint density at radius 2 is 1.88 bits per heavy atom. The number of hydrogen-bond acceptors (Lipinski definition) is 4. The van der Waals surface area contributed by atoms with Crippen LogP contribution in [0.25, 0.3) is 5.95 Å². The van der Waals surface area contributed by atoms with E-state index >= 15 is 0 Å². The molecule has 2 saturated carbocycles. The molecule has 2 heterocycles. The van der Waals surface area contributed by atoms with Gasteiger partial charge in [-0.3, -0.25) is 0 Å². The topological polar surface area (TPSA) is 55.6 Å². The number of aromatic nitrogens is 4. The Morgan fingerprint density at radius 1 is 1.16 bits per heavy atom. The number of hydrogen-bond donors (Lipinski definition) is 1. The molecule has 134 valence electrons. The van der Waals surface area contributed by atoms with E-state index in [0.29, 0.717) is 24.6 Å². The van der Waals surface area contributed by atoms with Crippen molar-refractivity contribution in [3.63, 3.8) is 0 Å². The zero-order chi connectivity index (χ0) is 17.7. The van der Waals surface area contributed by atoms with Gasteiger partial charge in [-0.2, -0.15) is 10.1 Å². The molecule has 0 saturated heterocycles. The average Bonchev–Trinajstić information content (AvgIpc) is 3.11. The van der Waals surface area contributed by atoms with Crippen LogP contribution >= 0.6 is 0 Å². The largest absolute Gasteiger partial charge is 0.367 e. The van der Waals surface area contributed by atoms with Crippen molar-refractivity contribution in [1.82, 2.24) is 19.7 Å². The maximum Gasteiger partial charge on any atom is 0.252 e. The highest BCUT2D eigenvalue weighted by Crippen LogP contribution is 2.46. The van der Waals surface area contributed by atoms with Crippen molar-refractivity contribution in [3.05, 3.63) is 29.7 Å². The van der Waals surface area contributed by atoms with Crippen LogP contribution in [-0.4, -0.2) is 31.7 Å². The normalized spacial score (nSPS) is 21.9. The van der Waals surface area contributed by atoms with Gasteiger partial charge in [0.25, 0.3) is 5.95 Å². The number of nitrogens with zero attached hydrogens (tertiary/aromatic N) is 4. The smallest absolute Gasteiger partial charge is 0.252 e. The Bertz CT molecular complexity index is 772. The highest BCUT2D eigenvalue weighted by Gasteiger charge is 2.41. The highest BCUT2D eigenvalue weighted by atomic mass is 19.3. The highest BCUT2D eigenvalue weighted by molar-refractivity contribution is 5.40. The molecule has 2 fully saturated rings. The van der Waals surface area contributed by atoms with E-state index in [4.69, 9.17) is 0 Å². The predicted molar refractivity (Wildman–Crippen MR) is 91.3 cm³/mol. The minimum Gasteiger partial charge on any atom is -0.367 e. The van der Waals surface area contributed by atoms with Crippen molar-refractivity contribution in [2.75, 3.05) is 5.32 Å². The minimum absolute atomic E-state index is 0.0281. The molecule has 0 bridgehead atoms. The van der Waals surface area contributed by atoms with Gasteiger partial charge in [0.1, 0.15) is 5.82 Å². The molecule has 2 aliphatic rings. The first kappa shape index (κ1) is 16.4. The van der Waals surface area contributed by atoms with Crippen LogP contribution in [0.3, 0.4) is 0 Å². The summed E-state index contributed by atoms with van der Waals surface area (Å²) in [4.78, 5) is 9.01. The van der Waals surface area contributed by atoms with Crippen molar-refractivity contribution in [3.8, 4) is 5.95 Å². The molecule has 7 heteroatoms. The van der Waals surface area contributed by atoms with E-state index in [0.717, 1.165) is 24.2 Å². The Hall–Kier alpha value is -2.05. The van der Waals surface area contributed by atoms with Gasteiger partial charge in [-0.15, -0.1) is 0 Å². The molecule has 2 aromatic rings. The quantitative estimate of drug-likeness (QED) is 0.908. The summed E-state index contributed by atoms with van der Waals surface area (Å²) in [6, 6.07) is 3.90. The molecule has 0 aliphatic heterocycles. The van der Waals surface area contributed by atoms with Crippen LogP contribution < -0.4 is 5.32 Å². The first-order valence-electron chi connectivity index (χ1n) is 8.90. The first-order chi connectivity index (χ1) is 11.8. The van der Waals surface area contributed by atoms with Crippen LogP contribution in [0, 0.1) is 6.92 Å². The summed E-state index contributed by atoms with van der Waals surface area (Å²) in [7, 11) is 0. The van der Waals surface area contributed by atoms with Crippen molar-refractivity contribution in [2.24, 2.45) is 0 Å². The van der Waals surface area contributed by atoms with Crippen LogP contribution in [0.5, 0.6) is 0 Å². The van der Waals surface area contributed by atoms with Crippen molar-refractivity contribution in [1.29, 1.82) is 0 Å². The molecule has 5 nitrogen and oxygen atoms in total. The van der Waals surface area contributed by atoms with Gasteiger partial charge < -0.3 is 5.32 Å². The molecule has 2 aromatic heterocycles. The molecule has 0 radical (unpaired) electrons. The molecule has 2 aliphatic carbocycles. The number of anilines is 1. The summed E-state index contributed by atoms with van der Waals surface area (Å²) in [6.07, 6.45) is 4.99. The summed E-state index contributed by atoms with van der Waals surface area (Å²) >= 11 is 0. The molecule has 0 aromatic carbocycles. The summed E-state index contributed by atoms with van der Waals surface area (Å²) in [5.41, 5.74) is 2.09. The fraction of sp³-hybridized carbons (Fsp3) is 0.611. The third-order valence-electron chi connectivity index (χ3n) is 5.32. The molecular weight excluding hydrogens is 324 g/mol. The van der Waals surface area contributed by atoms with Crippen LogP contribution in [0.2, 0.25) is 0 Å². The second-order valence-electron chi connectivity index (χ2n) is 7.68. The zero-order valence-electron chi connectivity index (χ0n) is 14.6. The average molecular weight is 347 g/mol. The van der Waals surface area contributed by atoms with E-state index in [9.17, 15) is 8.78 Å². The first-order valence-corrected chi connectivity index (χ1v) is 8.90. The second-order valence-corrected chi connectivity index (χ2v) is 7.68. The van der Waals surface area contributed by atoms with E-state index in [1.165, 1.54) is 0 Å². The second kappa shape index (κ2) is 5.75. The fourth-order valence-electron chi connectivity index (χ4n) is 3.32. The standard InChI is InChI=1S/C18H23F2N5/c1-12-11-15(22-13-3-6-18(19,20)7-4-13)23-16(21-12)25-10-5-14(24-25)17(2)8-9-17/h5,10-11,13H,3-4,6-9H2,1-2H3,(H,21,22,23). The molecule has 0 unspecified atom stereocenters. The SMILES string of the molecule is Cc1cc(NC2CCC(F)(F)CC2)nc(-n2ccc(C3(C)CC3)n2)n1. The molecular formula is C18H23F2N5. The lowest BCUT2D eigenvalue weighted by molar-refractivity contribution is -0.0361. The van der Waals surface area contributed by atoms with E-state index in [-0.39, 0.29) is 24.3 Å². The van der Waals surface area contributed by atoms with Gasteiger partial charge in [-0.25, -0.2) is 18.4 Å². The van der Waals surface area contributed by atoms with Crippen LogP contribution in [0.4, 0.5) is 14.6 Å². The van der Waals surface area contributed by atoms with Crippen molar-refractivity contribution >= 4 is 5.82 Å². The number of alkyl halides is 2. The van der Waals surface area contributed by atoms with Gasteiger partial charge in [0.05, 0.1) is 5.69 Å². The Balaban J connectivity index is 1.52. The summed E-state index contributed by atoms with van der Waals surface area (Å²) < 4.78 is 28.3. The number of aryl methyl sites for hydroxylation is 1. The third kappa shape index (κ3) is 3.50. The van der Waals surface area contributed by atoms with E-state index in [1.54, 1.807) is 4.68 Å². The predicted octanol–water partition coefficient (Wildman–Crippen LogP) is 4.01. The maximum absolute atomic E-state index is 13.3. The van der Waals surface area contributed by atoms with Crippen molar-refractivity contribution < 1.29 is 8.78 Å². The van der Waals surface area contributed by atoms with Gasteiger partial charge in [0.2, 0.25) is 5.92 Å². The lowest BCUT2D eigenvalue weighted by Gasteiger charge is -2.29. The number of halogens is 2. The minimum atomic E-state index is -2.52. The van der Waals surface area contributed by atoms with Gasteiger partial charge in [0.15, 0.2) is 0 Å². The Labute approximate surface area is 145 Å². The van der Waals surface area contributed by atoms with Crippen LogP contribution in [-0.2, 0) is 5.41 Å². The molecule has 0 atom stereocenters. The molecule has 1 N–H and O–H groups in total. The Morgan fingerprint density at radius 3 is 2.56 bits per heavy atom. The lowest BCUT2D eigenvalue weighted by atomic mass is 9.92. The van der Waals surface area contributed by atoms with Gasteiger partial charge in [-0.05, 0) is 38.7 Å². The van der Waals surface area contributed by atoms with E-state index in [1.807, 2.05) is 25.3 Å². The van der Waals surface area contributed by atoms with Gasteiger partial charge in [0, 0.05) is 42.3 Å². The molecule has 0 spiro atoms. The van der Waals surface area contributed by atoms with Crippen molar-refractivity contribution in [2.45, 2.75) is 69.8 Å². The third-order valence-corrected chi connectivity index (χ3v) is 5.32. The molecule has 25 heavy (non-hydrogen) atoms. The number of rotatable bonds is 4. The maximum atomic E-state index is 13.3. The van der Waals surface area contributed by atoms with Gasteiger partial charge >= 0.3 is 0 Å².